The van der Waals surface area contributed by atoms with Crippen LogP contribution < -0.4 is 0 Å². The molecule has 2 aliphatic rings. The van der Waals surface area contributed by atoms with E-state index in [0.717, 1.165) is 5.92 Å². The number of fused-ring (bicyclic) bond motifs is 1. The third-order valence-corrected chi connectivity index (χ3v) is 5.01. The lowest BCUT2D eigenvalue weighted by molar-refractivity contribution is -0.122. The molecule has 2 fully saturated rings. The Kier molecular flexibility index (Phi) is 5.43. The third kappa shape index (κ3) is 4.33. The van der Waals surface area contributed by atoms with Gasteiger partial charge in [0.05, 0.1) is 18.8 Å². The fourth-order valence-electron chi connectivity index (χ4n) is 2.63. The molecule has 0 amide bonds. The second kappa shape index (κ2) is 6.85. The lowest BCUT2D eigenvalue weighted by Gasteiger charge is -2.18. The van der Waals surface area contributed by atoms with Gasteiger partial charge in [-0.3, -0.25) is 0 Å². The van der Waals surface area contributed by atoms with E-state index in [0.29, 0.717) is 18.8 Å². The first-order valence-electron chi connectivity index (χ1n) is 6.62. The molecule has 0 aromatic carbocycles. The molecule has 3 atom stereocenters. The van der Waals surface area contributed by atoms with Crippen molar-refractivity contribution in [3.05, 3.63) is 0 Å². The van der Waals surface area contributed by atoms with E-state index in [1.807, 2.05) is 0 Å². The molecule has 0 aromatic heterocycles. The summed E-state index contributed by atoms with van der Waals surface area (Å²) in [6.45, 7) is 0.581. The first-order valence-corrected chi connectivity index (χ1v) is 8.20. The highest BCUT2D eigenvalue weighted by molar-refractivity contribution is 6.26. The summed E-state index contributed by atoms with van der Waals surface area (Å²) in [5.74, 6) is 0.885. The Morgan fingerprint density at radius 2 is 2.06 bits per heavy atom. The van der Waals surface area contributed by atoms with E-state index in [-0.39, 0.29) is 6.29 Å². The Morgan fingerprint density at radius 3 is 2.76 bits per heavy atom. The topological polar surface area (TPSA) is 40.2 Å². The lowest BCUT2D eigenvalue weighted by Crippen LogP contribution is -2.21. The van der Waals surface area contributed by atoms with E-state index in [1.165, 1.54) is 31.7 Å². The molecular weight excluding hydrogens is 236 g/mol. The minimum atomic E-state index is -0.399. The van der Waals surface area contributed by atoms with E-state index in [1.54, 1.807) is 14.2 Å². The molecule has 5 heteroatoms. The van der Waals surface area contributed by atoms with Crippen LogP contribution in [0.25, 0.3) is 0 Å². The molecule has 0 bridgehead atoms. The number of hydrogen-bond donors (Lipinski definition) is 0. The molecule has 0 aromatic rings. The van der Waals surface area contributed by atoms with Crippen LogP contribution in [0.4, 0.5) is 0 Å². The summed E-state index contributed by atoms with van der Waals surface area (Å²) >= 11 is 0. The second-order valence-electron chi connectivity index (χ2n) is 5.01. The second-order valence-corrected chi connectivity index (χ2v) is 6.53. The molecule has 0 radical (unpaired) electrons. The number of rotatable bonds is 8. The quantitative estimate of drug-likeness (QED) is 0.283. The summed E-state index contributed by atoms with van der Waals surface area (Å²) in [4.78, 5) is 0. The average Bonchev–Trinajstić information content (AvgIpc) is 3.12. The predicted octanol–water partition coefficient (Wildman–Crippen LogP) is 1.08. The van der Waals surface area contributed by atoms with E-state index < -0.39 is 9.76 Å². The van der Waals surface area contributed by atoms with Crippen LogP contribution in [-0.4, -0.2) is 49.1 Å². The summed E-state index contributed by atoms with van der Waals surface area (Å²) in [5, 5.41) is 0. The smallest absolute Gasteiger partial charge is 0.178 e. The summed E-state index contributed by atoms with van der Waals surface area (Å²) in [6.07, 6.45) is 6.30. The molecule has 1 saturated heterocycles. The van der Waals surface area contributed by atoms with Gasteiger partial charge in [-0.25, -0.2) is 0 Å². The molecule has 1 saturated carbocycles. The van der Waals surface area contributed by atoms with Crippen LogP contribution in [-0.2, 0) is 18.6 Å². The highest BCUT2D eigenvalue weighted by Crippen LogP contribution is 2.40. The normalized spacial score (nSPS) is 32.3. The maximum absolute atomic E-state index is 5.66. The Morgan fingerprint density at radius 1 is 1.24 bits per heavy atom. The Balaban J connectivity index is 1.45. The minimum Gasteiger partial charge on any atom is -0.419 e. The predicted molar refractivity (Wildman–Crippen MR) is 67.7 cm³/mol. The van der Waals surface area contributed by atoms with Crippen LogP contribution in [0.15, 0.2) is 0 Å². The molecule has 100 valence electrons. The van der Waals surface area contributed by atoms with Gasteiger partial charge in [0.1, 0.15) is 0 Å². The number of methoxy groups -OCH3 is 2. The van der Waals surface area contributed by atoms with E-state index in [9.17, 15) is 0 Å². The SMILES string of the molecule is COC(CO[SiH2]CCC1CCC2OC2C1)OC. The minimum absolute atomic E-state index is 0.196. The summed E-state index contributed by atoms with van der Waals surface area (Å²) in [7, 11) is 2.89. The fourth-order valence-corrected chi connectivity index (χ4v) is 3.94. The molecule has 0 spiro atoms. The maximum Gasteiger partial charge on any atom is 0.178 e. The summed E-state index contributed by atoms with van der Waals surface area (Å²) in [5.41, 5.74) is 0. The molecule has 1 heterocycles. The van der Waals surface area contributed by atoms with Crippen LogP contribution in [0.5, 0.6) is 0 Å². The Hall–Kier alpha value is 0.0569. The van der Waals surface area contributed by atoms with Crippen molar-refractivity contribution in [3.8, 4) is 0 Å². The van der Waals surface area contributed by atoms with Crippen molar-refractivity contribution in [2.24, 2.45) is 5.92 Å². The van der Waals surface area contributed by atoms with Gasteiger partial charge < -0.3 is 18.6 Å². The highest BCUT2D eigenvalue weighted by atomic mass is 28.2. The molecular formula is C12H24O4Si. The first kappa shape index (κ1) is 13.5. The molecule has 0 N–H and O–H groups in total. The van der Waals surface area contributed by atoms with Crippen LogP contribution in [0.1, 0.15) is 25.7 Å². The van der Waals surface area contributed by atoms with Gasteiger partial charge in [-0.2, -0.15) is 0 Å². The van der Waals surface area contributed by atoms with Gasteiger partial charge >= 0.3 is 0 Å². The van der Waals surface area contributed by atoms with E-state index in [2.05, 4.69) is 0 Å². The van der Waals surface area contributed by atoms with Crippen molar-refractivity contribution in [2.45, 2.75) is 50.2 Å². The third-order valence-electron chi connectivity index (χ3n) is 3.79. The van der Waals surface area contributed by atoms with Gasteiger partial charge in [0.25, 0.3) is 0 Å². The van der Waals surface area contributed by atoms with Crippen molar-refractivity contribution in [1.29, 1.82) is 0 Å². The van der Waals surface area contributed by atoms with Crippen molar-refractivity contribution in [2.75, 3.05) is 20.8 Å². The number of ether oxygens (including phenoxy) is 3. The molecule has 1 aliphatic heterocycles. The van der Waals surface area contributed by atoms with Gasteiger partial charge in [-0.1, -0.05) is 6.42 Å². The van der Waals surface area contributed by atoms with Gasteiger partial charge in [0.2, 0.25) is 0 Å². The van der Waals surface area contributed by atoms with Gasteiger partial charge in [0, 0.05) is 14.2 Å². The monoisotopic (exact) mass is 260 g/mol. The van der Waals surface area contributed by atoms with E-state index in [4.69, 9.17) is 18.6 Å². The molecule has 4 nitrogen and oxygen atoms in total. The van der Waals surface area contributed by atoms with Crippen molar-refractivity contribution >= 4 is 9.76 Å². The van der Waals surface area contributed by atoms with Gasteiger partial charge in [0.15, 0.2) is 16.1 Å². The molecule has 17 heavy (non-hydrogen) atoms. The Labute approximate surface area is 106 Å². The zero-order valence-electron chi connectivity index (χ0n) is 10.9. The fraction of sp³-hybridized carbons (Fsp3) is 1.00. The zero-order valence-corrected chi connectivity index (χ0v) is 12.3. The van der Waals surface area contributed by atoms with Crippen molar-refractivity contribution in [3.63, 3.8) is 0 Å². The maximum atomic E-state index is 5.66. The van der Waals surface area contributed by atoms with Crippen molar-refractivity contribution in [1.82, 2.24) is 0 Å². The van der Waals surface area contributed by atoms with Crippen molar-refractivity contribution < 1.29 is 18.6 Å². The highest BCUT2D eigenvalue weighted by Gasteiger charge is 2.43. The van der Waals surface area contributed by atoms with Crippen LogP contribution in [0, 0.1) is 5.92 Å². The standard InChI is InChI=1S/C12H24O4Si/c1-13-12(14-2)8-15-17-6-5-9-3-4-10-11(7-9)16-10/h9-12H,3-8,17H2,1-2H3. The van der Waals surface area contributed by atoms with Gasteiger partial charge in [-0.15, -0.1) is 0 Å². The molecule has 3 unspecified atom stereocenters. The van der Waals surface area contributed by atoms with E-state index >= 15 is 0 Å². The van der Waals surface area contributed by atoms with Gasteiger partial charge in [-0.05, 0) is 31.2 Å². The first-order chi connectivity index (χ1) is 8.33. The largest absolute Gasteiger partial charge is 0.419 e. The molecule has 1 aliphatic carbocycles. The number of epoxide rings is 1. The summed E-state index contributed by atoms with van der Waals surface area (Å²) in [6, 6.07) is 1.27. The number of hydrogen-bond acceptors (Lipinski definition) is 4. The van der Waals surface area contributed by atoms with Crippen LogP contribution in [0.2, 0.25) is 6.04 Å². The summed E-state index contributed by atoms with van der Waals surface area (Å²) < 4.78 is 21.4. The Bertz CT molecular complexity index is 223. The molecule has 2 rings (SSSR count). The van der Waals surface area contributed by atoms with Crippen LogP contribution in [0.3, 0.4) is 0 Å². The zero-order chi connectivity index (χ0) is 12.1. The average molecular weight is 260 g/mol. The lowest BCUT2D eigenvalue weighted by atomic mass is 9.88. The van der Waals surface area contributed by atoms with Crippen LogP contribution >= 0.6 is 0 Å².